The van der Waals surface area contributed by atoms with Crippen LogP contribution < -0.4 is 5.32 Å². The third-order valence-corrected chi connectivity index (χ3v) is 3.40. The fourth-order valence-corrected chi connectivity index (χ4v) is 2.34. The molecule has 0 radical (unpaired) electrons. The van der Waals surface area contributed by atoms with E-state index in [-0.39, 0.29) is 0 Å². The Bertz CT molecular complexity index is 343. The van der Waals surface area contributed by atoms with Crippen molar-refractivity contribution in [2.24, 2.45) is 5.41 Å². The molecule has 0 aliphatic heterocycles. The molecule has 1 heteroatoms. The Morgan fingerprint density at radius 1 is 1.06 bits per heavy atom. The van der Waals surface area contributed by atoms with E-state index in [2.05, 4.69) is 71.2 Å². The first-order chi connectivity index (χ1) is 8.31. The van der Waals surface area contributed by atoms with Crippen molar-refractivity contribution < 1.29 is 0 Å². The van der Waals surface area contributed by atoms with Gasteiger partial charge < -0.3 is 5.32 Å². The highest BCUT2D eigenvalue weighted by Crippen LogP contribution is 2.23. The van der Waals surface area contributed by atoms with Crippen molar-refractivity contribution >= 4 is 0 Å². The molecule has 1 nitrogen and oxygen atoms in total. The summed E-state index contributed by atoms with van der Waals surface area (Å²) in [6.45, 7) is 11.4. The summed E-state index contributed by atoms with van der Waals surface area (Å²) in [6.07, 6.45) is 2.32. The predicted molar refractivity (Wildman–Crippen MR) is 81.2 cm³/mol. The van der Waals surface area contributed by atoms with Gasteiger partial charge in [0.1, 0.15) is 0 Å². The highest BCUT2D eigenvalue weighted by Gasteiger charge is 2.17. The summed E-state index contributed by atoms with van der Waals surface area (Å²) >= 11 is 0. The number of hydrogen-bond acceptors (Lipinski definition) is 1. The van der Waals surface area contributed by atoms with E-state index in [1.807, 2.05) is 0 Å². The van der Waals surface area contributed by atoms with Crippen molar-refractivity contribution in [3.05, 3.63) is 35.4 Å². The number of benzene rings is 1. The molecule has 0 aliphatic rings. The van der Waals surface area contributed by atoms with Gasteiger partial charge in [0.05, 0.1) is 0 Å². The molecular weight excluding hydrogens is 218 g/mol. The maximum Gasteiger partial charge on any atom is 0.0109 e. The zero-order valence-corrected chi connectivity index (χ0v) is 12.9. The Balaban J connectivity index is 2.65. The average Bonchev–Trinajstić information content (AvgIpc) is 2.27. The third-order valence-electron chi connectivity index (χ3n) is 3.40. The molecule has 1 aromatic carbocycles. The van der Waals surface area contributed by atoms with E-state index in [1.54, 1.807) is 0 Å². The number of nitrogens with one attached hydrogen (secondary N) is 1. The molecular formula is C17H29N. The Labute approximate surface area is 113 Å². The largest absolute Gasteiger partial charge is 0.317 e. The van der Waals surface area contributed by atoms with Gasteiger partial charge in [-0.3, -0.25) is 0 Å². The molecule has 0 bridgehead atoms. The van der Waals surface area contributed by atoms with Gasteiger partial charge in [-0.2, -0.15) is 0 Å². The lowest BCUT2D eigenvalue weighted by molar-refractivity contribution is 0.316. The molecule has 0 aromatic heterocycles. The Morgan fingerprint density at radius 2 is 1.61 bits per heavy atom. The second-order valence-corrected chi connectivity index (χ2v) is 6.85. The minimum absolute atomic E-state index is 0.381. The van der Waals surface area contributed by atoms with Crippen LogP contribution in [0.2, 0.25) is 0 Å². The van der Waals surface area contributed by atoms with Gasteiger partial charge in [0.15, 0.2) is 0 Å². The van der Waals surface area contributed by atoms with E-state index in [4.69, 9.17) is 0 Å². The van der Waals surface area contributed by atoms with Gasteiger partial charge in [-0.25, -0.2) is 0 Å². The molecule has 102 valence electrons. The van der Waals surface area contributed by atoms with Crippen molar-refractivity contribution in [1.29, 1.82) is 0 Å². The smallest absolute Gasteiger partial charge is 0.0109 e. The second kappa shape index (κ2) is 6.38. The zero-order chi connectivity index (χ0) is 13.8. The van der Waals surface area contributed by atoms with Gasteiger partial charge in [-0.05, 0) is 42.3 Å². The van der Waals surface area contributed by atoms with Crippen LogP contribution in [0, 0.1) is 5.41 Å². The van der Waals surface area contributed by atoms with Gasteiger partial charge in [0.25, 0.3) is 0 Å². The lowest BCUT2D eigenvalue weighted by Gasteiger charge is -2.26. The minimum atomic E-state index is 0.381. The van der Waals surface area contributed by atoms with E-state index in [1.165, 1.54) is 17.5 Å². The molecule has 0 fully saturated rings. The molecule has 18 heavy (non-hydrogen) atoms. The van der Waals surface area contributed by atoms with Crippen molar-refractivity contribution in [2.75, 3.05) is 7.05 Å². The minimum Gasteiger partial charge on any atom is -0.317 e. The zero-order valence-electron chi connectivity index (χ0n) is 12.9. The molecule has 0 amide bonds. The van der Waals surface area contributed by atoms with E-state index >= 15 is 0 Å². The third kappa shape index (κ3) is 5.22. The van der Waals surface area contributed by atoms with Crippen LogP contribution in [0.4, 0.5) is 0 Å². The summed E-state index contributed by atoms with van der Waals surface area (Å²) in [4.78, 5) is 0. The molecule has 1 unspecified atom stereocenters. The number of hydrogen-bond donors (Lipinski definition) is 1. The Kier molecular flexibility index (Phi) is 5.40. The summed E-state index contributed by atoms with van der Waals surface area (Å²) in [7, 11) is 2.07. The van der Waals surface area contributed by atoms with Crippen LogP contribution >= 0.6 is 0 Å². The van der Waals surface area contributed by atoms with Crippen LogP contribution in [-0.4, -0.2) is 13.1 Å². The van der Waals surface area contributed by atoms with Crippen LogP contribution in [0.3, 0.4) is 0 Å². The molecule has 0 spiro atoms. The summed E-state index contributed by atoms with van der Waals surface area (Å²) in [5, 5.41) is 3.44. The van der Waals surface area contributed by atoms with Crippen LogP contribution in [0.25, 0.3) is 0 Å². The molecule has 0 saturated carbocycles. The summed E-state index contributed by atoms with van der Waals surface area (Å²) < 4.78 is 0. The first kappa shape index (κ1) is 15.2. The average molecular weight is 247 g/mol. The molecule has 0 heterocycles. The van der Waals surface area contributed by atoms with Gasteiger partial charge >= 0.3 is 0 Å². The maximum absolute atomic E-state index is 3.44. The van der Waals surface area contributed by atoms with Crippen molar-refractivity contribution in [3.63, 3.8) is 0 Å². The highest BCUT2D eigenvalue weighted by atomic mass is 14.9. The van der Waals surface area contributed by atoms with E-state index in [0.717, 1.165) is 6.42 Å². The Hall–Kier alpha value is -0.820. The quantitative estimate of drug-likeness (QED) is 0.814. The van der Waals surface area contributed by atoms with E-state index in [0.29, 0.717) is 17.4 Å². The topological polar surface area (TPSA) is 12.0 Å². The Morgan fingerprint density at radius 3 is 2.00 bits per heavy atom. The normalized spacial score (nSPS) is 13.9. The van der Waals surface area contributed by atoms with Crippen LogP contribution in [0.15, 0.2) is 24.3 Å². The lowest BCUT2D eigenvalue weighted by Crippen LogP contribution is -2.32. The van der Waals surface area contributed by atoms with Crippen LogP contribution in [0.1, 0.15) is 58.1 Å². The van der Waals surface area contributed by atoms with Crippen LogP contribution in [0.5, 0.6) is 0 Å². The van der Waals surface area contributed by atoms with E-state index in [9.17, 15) is 0 Å². The summed E-state index contributed by atoms with van der Waals surface area (Å²) in [5.74, 6) is 0.619. The summed E-state index contributed by atoms with van der Waals surface area (Å²) in [5.41, 5.74) is 3.24. The standard InChI is InChI=1S/C17H29N/c1-13(2)15-9-7-14(8-10-15)11-16(18-6)12-17(3,4)5/h7-10,13,16,18H,11-12H2,1-6H3. The van der Waals surface area contributed by atoms with Crippen molar-refractivity contribution in [2.45, 2.75) is 59.4 Å². The summed E-state index contributed by atoms with van der Waals surface area (Å²) in [6, 6.07) is 9.66. The van der Waals surface area contributed by atoms with Crippen molar-refractivity contribution in [1.82, 2.24) is 5.32 Å². The maximum atomic E-state index is 3.44. The fraction of sp³-hybridized carbons (Fsp3) is 0.647. The molecule has 1 atom stereocenters. The molecule has 0 saturated heterocycles. The fourth-order valence-electron chi connectivity index (χ4n) is 2.34. The molecule has 1 aromatic rings. The van der Waals surface area contributed by atoms with Gasteiger partial charge in [-0.15, -0.1) is 0 Å². The monoisotopic (exact) mass is 247 g/mol. The first-order valence-electron chi connectivity index (χ1n) is 7.08. The van der Waals surface area contributed by atoms with Gasteiger partial charge in [-0.1, -0.05) is 58.9 Å². The second-order valence-electron chi connectivity index (χ2n) is 6.85. The molecule has 1 N–H and O–H groups in total. The van der Waals surface area contributed by atoms with Crippen LogP contribution in [-0.2, 0) is 6.42 Å². The SMILES string of the molecule is CNC(Cc1ccc(C(C)C)cc1)CC(C)(C)C. The van der Waals surface area contributed by atoms with E-state index < -0.39 is 0 Å². The molecule has 0 aliphatic carbocycles. The molecule has 1 rings (SSSR count). The highest BCUT2D eigenvalue weighted by molar-refractivity contribution is 5.25. The number of likely N-dealkylation sites (N-methyl/N-ethyl adjacent to an activating group) is 1. The van der Waals surface area contributed by atoms with Crippen molar-refractivity contribution in [3.8, 4) is 0 Å². The predicted octanol–water partition coefficient (Wildman–Crippen LogP) is 4.38. The first-order valence-corrected chi connectivity index (χ1v) is 7.08. The van der Waals surface area contributed by atoms with Gasteiger partial charge in [0, 0.05) is 6.04 Å². The number of rotatable bonds is 5. The lowest BCUT2D eigenvalue weighted by atomic mass is 9.85. The van der Waals surface area contributed by atoms with Gasteiger partial charge in [0.2, 0.25) is 0 Å².